The van der Waals surface area contributed by atoms with Crippen LogP contribution in [0.3, 0.4) is 0 Å². The van der Waals surface area contributed by atoms with Crippen LogP contribution >= 0.6 is 11.6 Å². The maximum atomic E-state index is 12.8. The summed E-state index contributed by atoms with van der Waals surface area (Å²) in [7, 11) is 0. The molecule has 0 radical (unpaired) electrons. The van der Waals surface area contributed by atoms with Gasteiger partial charge in [-0.2, -0.15) is 0 Å². The van der Waals surface area contributed by atoms with Crippen LogP contribution in [0.1, 0.15) is 16.1 Å². The number of hydrogen-bond donors (Lipinski definition) is 2. The van der Waals surface area contributed by atoms with E-state index in [0.717, 1.165) is 0 Å². The maximum Gasteiger partial charge on any atom is 0.293 e. The van der Waals surface area contributed by atoms with Gasteiger partial charge in [0.15, 0.2) is 0 Å². The fraction of sp³-hybridized carbons (Fsp3) is 0.227. The predicted octanol–water partition coefficient (Wildman–Crippen LogP) is 4.09. The van der Waals surface area contributed by atoms with E-state index in [2.05, 4.69) is 5.32 Å². The van der Waals surface area contributed by atoms with Gasteiger partial charge >= 0.3 is 0 Å². The fourth-order valence-corrected chi connectivity index (χ4v) is 3.63. The van der Waals surface area contributed by atoms with E-state index < -0.39 is 10.8 Å². The van der Waals surface area contributed by atoms with Gasteiger partial charge in [0.05, 0.1) is 28.8 Å². The molecule has 0 atom stereocenters. The summed E-state index contributed by atoms with van der Waals surface area (Å²) in [6, 6.07) is 12.7. The smallest absolute Gasteiger partial charge is 0.293 e. The number of hydrogen-bond acceptors (Lipinski definition) is 7. The van der Waals surface area contributed by atoms with Crippen LogP contribution in [0.5, 0.6) is 0 Å². The molecule has 2 N–H and O–H groups in total. The molecule has 1 fully saturated rings. The molecule has 0 unspecified atom stereocenters. The van der Waals surface area contributed by atoms with Crippen molar-refractivity contribution in [2.24, 2.45) is 0 Å². The number of nitrogens with one attached hydrogen (secondary N) is 1. The topological polar surface area (TPSA) is 118 Å². The fourth-order valence-electron chi connectivity index (χ4n) is 3.47. The van der Waals surface area contributed by atoms with Gasteiger partial charge in [-0.05, 0) is 42.5 Å². The molecule has 0 saturated carbocycles. The van der Waals surface area contributed by atoms with E-state index in [-0.39, 0.29) is 17.9 Å². The van der Waals surface area contributed by atoms with Gasteiger partial charge in [-0.25, -0.2) is 0 Å². The molecule has 1 saturated heterocycles. The molecule has 1 aliphatic rings. The van der Waals surface area contributed by atoms with E-state index in [9.17, 15) is 20.0 Å². The van der Waals surface area contributed by atoms with Crippen molar-refractivity contribution in [3.05, 3.63) is 75.0 Å². The Bertz CT molecular complexity index is 1160. The molecule has 166 valence electrons. The number of anilines is 2. The number of carbonyl (C=O) groups is 1. The highest BCUT2D eigenvalue weighted by atomic mass is 35.5. The minimum absolute atomic E-state index is 0.135. The molecule has 1 amide bonds. The number of benzene rings is 2. The summed E-state index contributed by atoms with van der Waals surface area (Å²) in [5.74, 6) is 0.385. The lowest BCUT2D eigenvalue weighted by atomic mass is 10.1. The Kier molecular flexibility index (Phi) is 6.40. The third-order valence-corrected chi connectivity index (χ3v) is 5.43. The average molecular weight is 458 g/mol. The minimum atomic E-state index is -0.531. The lowest BCUT2D eigenvalue weighted by molar-refractivity contribution is -0.384. The first kappa shape index (κ1) is 21.8. The van der Waals surface area contributed by atoms with Gasteiger partial charge in [0.2, 0.25) is 0 Å². The number of nitro benzene ring substituents is 1. The summed E-state index contributed by atoms with van der Waals surface area (Å²) in [6.07, 6.45) is 0. The molecule has 2 heterocycles. The highest BCUT2D eigenvalue weighted by molar-refractivity contribution is 6.34. The number of nitrogens with zero attached hydrogens (tertiary/aromatic N) is 2. The van der Waals surface area contributed by atoms with Gasteiger partial charge < -0.3 is 24.5 Å². The standard InChI is InChI=1S/C22H20ClN3O6/c23-17-4-1-14(21-6-3-16(13-27)32-21)11-18(17)24-22(28)15-2-5-19(20(12-15)26(29)30)25-7-9-31-10-8-25/h1-6,11-12,27H,7-10,13H2,(H,24,28). The van der Waals surface area contributed by atoms with Gasteiger partial charge in [-0.3, -0.25) is 14.9 Å². The Labute approximate surface area is 188 Å². The molecular weight excluding hydrogens is 438 g/mol. The van der Waals surface area contributed by atoms with E-state index in [1.54, 1.807) is 42.5 Å². The van der Waals surface area contributed by atoms with E-state index in [1.807, 2.05) is 4.90 Å². The first-order valence-corrected chi connectivity index (χ1v) is 10.3. The molecule has 0 bridgehead atoms. The quantitative estimate of drug-likeness (QED) is 0.422. The predicted molar refractivity (Wildman–Crippen MR) is 119 cm³/mol. The number of aliphatic hydroxyl groups is 1. The number of aliphatic hydroxyl groups excluding tert-OH is 1. The van der Waals surface area contributed by atoms with Gasteiger partial charge in [0.1, 0.15) is 23.8 Å². The number of carbonyl (C=O) groups excluding carboxylic acids is 1. The second-order valence-electron chi connectivity index (χ2n) is 7.13. The Balaban J connectivity index is 1.59. The van der Waals surface area contributed by atoms with Crippen molar-refractivity contribution >= 4 is 34.6 Å². The Morgan fingerprint density at radius 2 is 1.94 bits per heavy atom. The van der Waals surface area contributed by atoms with Gasteiger partial charge in [0.25, 0.3) is 11.6 Å². The average Bonchev–Trinajstić information content (AvgIpc) is 3.30. The first-order chi connectivity index (χ1) is 15.5. The number of ether oxygens (including phenoxy) is 1. The number of halogens is 1. The van der Waals surface area contributed by atoms with E-state index in [4.69, 9.17) is 20.8 Å². The zero-order valence-corrected chi connectivity index (χ0v) is 17.7. The third kappa shape index (κ3) is 4.59. The molecule has 3 aromatic rings. The Morgan fingerprint density at radius 3 is 2.62 bits per heavy atom. The third-order valence-electron chi connectivity index (χ3n) is 5.10. The molecule has 0 aliphatic carbocycles. The molecule has 1 aliphatic heterocycles. The molecule has 4 rings (SSSR count). The summed E-state index contributed by atoms with van der Waals surface area (Å²) < 4.78 is 10.8. The maximum absolute atomic E-state index is 12.8. The van der Waals surface area contributed by atoms with Crippen molar-refractivity contribution in [1.82, 2.24) is 0 Å². The van der Waals surface area contributed by atoms with Crippen LogP contribution in [0.2, 0.25) is 5.02 Å². The van der Waals surface area contributed by atoms with E-state index in [1.165, 1.54) is 6.07 Å². The van der Waals surface area contributed by atoms with Crippen LogP contribution in [0.25, 0.3) is 11.3 Å². The Hall–Kier alpha value is -3.40. The molecular formula is C22H20ClN3O6. The number of amides is 1. The lowest BCUT2D eigenvalue weighted by Gasteiger charge is -2.28. The van der Waals surface area contributed by atoms with Crippen LogP contribution in [-0.2, 0) is 11.3 Å². The monoisotopic (exact) mass is 457 g/mol. The molecule has 1 aromatic heterocycles. The van der Waals surface area contributed by atoms with Crippen molar-refractivity contribution in [1.29, 1.82) is 0 Å². The highest BCUT2D eigenvalue weighted by Gasteiger charge is 2.23. The van der Waals surface area contributed by atoms with Crippen molar-refractivity contribution < 1.29 is 24.0 Å². The van der Waals surface area contributed by atoms with Crippen LogP contribution in [-0.4, -0.2) is 42.2 Å². The van der Waals surface area contributed by atoms with Crippen LogP contribution in [0.4, 0.5) is 17.1 Å². The SMILES string of the molecule is O=C(Nc1cc(-c2ccc(CO)o2)ccc1Cl)c1ccc(N2CCOCC2)c([N+](=O)[O-])c1. The van der Waals surface area contributed by atoms with Crippen molar-refractivity contribution in [3.8, 4) is 11.3 Å². The molecule has 10 heteroatoms. The largest absolute Gasteiger partial charge is 0.459 e. The summed E-state index contributed by atoms with van der Waals surface area (Å²) in [4.78, 5) is 25.9. The van der Waals surface area contributed by atoms with Gasteiger partial charge in [-0.15, -0.1) is 0 Å². The molecule has 2 aromatic carbocycles. The van der Waals surface area contributed by atoms with Crippen LogP contribution < -0.4 is 10.2 Å². The van der Waals surface area contributed by atoms with Crippen LogP contribution in [0, 0.1) is 10.1 Å². The number of nitro groups is 1. The Morgan fingerprint density at radius 1 is 1.16 bits per heavy atom. The molecule has 0 spiro atoms. The summed E-state index contributed by atoms with van der Waals surface area (Å²) >= 11 is 6.24. The lowest BCUT2D eigenvalue weighted by Crippen LogP contribution is -2.36. The van der Waals surface area contributed by atoms with E-state index in [0.29, 0.717) is 59.8 Å². The zero-order chi connectivity index (χ0) is 22.7. The summed E-state index contributed by atoms with van der Waals surface area (Å²) in [5, 5.41) is 23.8. The summed E-state index contributed by atoms with van der Waals surface area (Å²) in [5.41, 5.74) is 1.42. The van der Waals surface area contributed by atoms with Gasteiger partial charge in [0, 0.05) is 30.3 Å². The second-order valence-corrected chi connectivity index (χ2v) is 7.54. The minimum Gasteiger partial charge on any atom is -0.459 e. The van der Waals surface area contributed by atoms with Crippen molar-refractivity contribution in [3.63, 3.8) is 0 Å². The van der Waals surface area contributed by atoms with Gasteiger partial charge in [-0.1, -0.05) is 11.6 Å². The van der Waals surface area contributed by atoms with Crippen molar-refractivity contribution in [2.75, 3.05) is 36.5 Å². The number of rotatable bonds is 6. The first-order valence-electron chi connectivity index (χ1n) is 9.88. The number of furan rings is 1. The highest BCUT2D eigenvalue weighted by Crippen LogP contribution is 2.32. The van der Waals surface area contributed by atoms with E-state index >= 15 is 0 Å². The molecule has 9 nitrogen and oxygen atoms in total. The normalized spacial score (nSPS) is 13.8. The summed E-state index contributed by atoms with van der Waals surface area (Å²) in [6.45, 7) is 1.84. The number of morpholine rings is 1. The second kappa shape index (κ2) is 9.39. The van der Waals surface area contributed by atoms with Crippen molar-refractivity contribution in [2.45, 2.75) is 6.61 Å². The van der Waals surface area contributed by atoms with Crippen LogP contribution in [0.15, 0.2) is 52.9 Å². The molecule has 32 heavy (non-hydrogen) atoms. The zero-order valence-electron chi connectivity index (χ0n) is 16.9.